The van der Waals surface area contributed by atoms with Gasteiger partial charge in [-0.25, -0.2) is 4.98 Å². The van der Waals surface area contributed by atoms with E-state index in [1.807, 2.05) is 12.1 Å². The van der Waals surface area contributed by atoms with Crippen LogP contribution in [0, 0.1) is 0 Å². The largest absolute Gasteiger partial charge is 0.469 e. The zero-order chi connectivity index (χ0) is 16.4. The monoisotopic (exact) mass is 315 g/mol. The number of fused-ring (bicyclic) bond motifs is 1. The van der Waals surface area contributed by atoms with Crippen molar-refractivity contribution in [3.63, 3.8) is 0 Å². The fraction of sp³-hybridized carbons (Fsp3) is 0.556. The van der Waals surface area contributed by atoms with Gasteiger partial charge in [0.1, 0.15) is 11.6 Å². The van der Waals surface area contributed by atoms with Gasteiger partial charge < -0.3 is 14.3 Å². The van der Waals surface area contributed by atoms with E-state index in [1.165, 1.54) is 0 Å². The molecule has 0 unspecified atom stereocenters. The minimum Gasteiger partial charge on any atom is -0.469 e. The minimum absolute atomic E-state index is 0.0616. The average Bonchev–Trinajstić information content (AvgIpc) is 3.13. The molecule has 0 fully saturated rings. The lowest BCUT2D eigenvalue weighted by atomic mass is 9.93. The number of nitrogens with one attached hydrogen (secondary N) is 1. The van der Waals surface area contributed by atoms with Crippen LogP contribution in [0.3, 0.4) is 0 Å². The minimum atomic E-state index is 0.0616. The Balaban J connectivity index is 1.55. The first-order valence-electron chi connectivity index (χ1n) is 8.30. The Kier molecular flexibility index (Phi) is 4.28. The molecule has 0 saturated heterocycles. The predicted molar refractivity (Wildman–Crippen MR) is 88.2 cm³/mol. The molecule has 1 aliphatic heterocycles. The van der Waals surface area contributed by atoms with Gasteiger partial charge in [0.2, 0.25) is 5.91 Å². The third kappa shape index (κ3) is 3.84. The van der Waals surface area contributed by atoms with Crippen LogP contribution in [0.1, 0.15) is 50.9 Å². The van der Waals surface area contributed by atoms with E-state index in [1.54, 1.807) is 6.26 Å². The van der Waals surface area contributed by atoms with E-state index in [0.29, 0.717) is 12.8 Å². The third-order valence-electron chi connectivity index (χ3n) is 4.30. The molecule has 0 aromatic carbocycles. The van der Waals surface area contributed by atoms with Gasteiger partial charge in [-0.2, -0.15) is 0 Å². The number of amides is 1. The van der Waals surface area contributed by atoms with Crippen LogP contribution in [0.5, 0.6) is 0 Å². The standard InChI is InChI=1S/C18H25N3O2/c1-18(2,3)15-12-21-11-13(6-8-16(21)20-15)19-17(22)9-7-14-5-4-10-23-14/h4-5,10,12-13H,6-9,11H2,1-3H3,(H,19,22)/t13-/m0/s1. The number of nitrogens with zero attached hydrogens (tertiary/aromatic N) is 2. The first-order valence-corrected chi connectivity index (χ1v) is 8.30. The maximum atomic E-state index is 12.1. The van der Waals surface area contributed by atoms with E-state index in [9.17, 15) is 4.79 Å². The SMILES string of the molecule is CC(C)(C)c1cn2c(n1)CC[C@H](NC(=O)CCc1ccco1)C2. The van der Waals surface area contributed by atoms with E-state index in [0.717, 1.165) is 36.7 Å². The van der Waals surface area contributed by atoms with Crippen LogP contribution in [0.4, 0.5) is 0 Å². The summed E-state index contributed by atoms with van der Waals surface area (Å²) in [6, 6.07) is 3.94. The fourth-order valence-corrected chi connectivity index (χ4v) is 2.91. The number of aryl methyl sites for hydroxylation is 2. The van der Waals surface area contributed by atoms with Crippen molar-refractivity contribution >= 4 is 5.91 Å². The molecule has 0 aliphatic carbocycles. The number of carbonyl (C=O) groups is 1. The molecule has 2 aromatic heterocycles. The van der Waals surface area contributed by atoms with Gasteiger partial charge in [0.15, 0.2) is 0 Å². The number of carbonyl (C=O) groups excluding carboxylic acids is 1. The molecular formula is C18H25N3O2. The Labute approximate surface area is 137 Å². The molecule has 0 radical (unpaired) electrons. The summed E-state index contributed by atoms with van der Waals surface area (Å²) in [4.78, 5) is 16.8. The zero-order valence-corrected chi connectivity index (χ0v) is 14.1. The van der Waals surface area contributed by atoms with Gasteiger partial charge in [-0.15, -0.1) is 0 Å². The quantitative estimate of drug-likeness (QED) is 0.944. The van der Waals surface area contributed by atoms with E-state index in [4.69, 9.17) is 9.40 Å². The highest BCUT2D eigenvalue weighted by Crippen LogP contribution is 2.24. The summed E-state index contributed by atoms with van der Waals surface area (Å²) in [6.07, 6.45) is 6.76. The molecule has 0 saturated carbocycles. The summed E-state index contributed by atoms with van der Waals surface area (Å²) in [5.74, 6) is 2.08. The number of furan rings is 1. The molecule has 23 heavy (non-hydrogen) atoms. The van der Waals surface area contributed by atoms with Crippen molar-refractivity contribution in [3.05, 3.63) is 41.9 Å². The molecule has 0 spiro atoms. The van der Waals surface area contributed by atoms with Crippen molar-refractivity contribution < 1.29 is 9.21 Å². The van der Waals surface area contributed by atoms with E-state index < -0.39 is 0 Å². The van der Waals surface area contributed by atoms with Crippen molar-refractivity contribution in [1.82, 2.24) is 14.9 Å². The van der Waals surface area contributed by atoms with Crippen molar-refractivity contribution in [2.75, 3.05) is 0 Å². The normalized spacial score (nSPS) is 17.8. The summed E-state index contributed by atoms with van der Waals surface area (Å²) >= 11 is 0. The lowest BCUT2D eigenvalue weighted by molar-refractivity contribution is -0.122. The molecule has 1 atom stereocenters. The maximum absolute atomic E-state index is 12.1. The molecule has 5 nitrogen and oxygen atoms in total. The highest BCUT2D eigenvalue weighted by atomic mass is 16.3. The molecule has 5 heteroatoms. The number of hydrogen-bond donors (Lipinski definition) is 1. The van der Waals surface area contributed by atoms with Crippen molar-refractivity contribution in [2.24, 2.45) is 0 Å². The van der Waals surface area contributed by atoms with E-state index >= 15 is 0 Å². The second kappa shape index (κ2) is 6.22. The number of aromatic nitrogens is 2. The summed E-state index contributed by atoms with van der Waals surface area (Å²) in [5.41, 5.74) is 1.18. The molecule has 1 N–H and O–H groups in total. The molecular weight excluding hydrogens is 290 g/mol. The summed E-state index contributed by atoms with van der Waals surface area (Å²) < 4.78 is 7.46. The Hall–Kier alpha value is -2.04. The molecule has 3 rings (SSSR count). The van der Waals surface area contributed by atoms with Crippen molar-refractivity contribution in [1.29, 1.82) is 0 Å². The fourth-order valence-electron chi connectivity index (χ4n) is 2.91. The smallest absolute Gasteiger partial charge is 0.220 e. The Morgan fingerprint density at radius 2 is 2.30 bits per heavy atom. The number of imidazole rings is 1. The van der Waals surface area contributed by atoms with Crippen LogP contribution in [0.2, 0.25) is 0 Å². The van der Waals surface area contributed by atoms with Gasteiger partial charge in [0.05, 0.1) is 12.0 Å². The maximum Gasteiger partial charge on any atom is 0.220 e. The van der Waals surface area contributed by atoms with Gasteiger partial charge in [0, 0.05) is 43.5 Å². The van der Waals surface area contributed by atoms with Crippen LogP contribution < -0.4 is 5.32 Å². The highest BCUT2D eigenvalue weighted by molar-refractivity contribution is 5.76. The molecule has 1 amide bonds. The molecule has 2 aromatic rings. The highest BCUT2D eigenvalue weighted by Gasteiger charge is 2.25. The van der Waals surface area contributed by atoms with Gasteiger partial charge in [-0.1, -0.05) is 20.8 Å². The van der Waals surface area contributed by atoms with Crippen molar-refractivity contribution in [3.8, 4) is 0 Å². The zero-order valence-electron chi connectivity index (χ0n) is 14.1. The van der Waals surface area contributed by atoms with Crippen LogP contribution in [0.25, 0.3) is 0 Å². The summed E-state index contributed by atoms with van der Waals surface area (Å²) in [5, 5.41) is 3.14. The second-order valence-electron chi connectivity index (χ2n) is 7.33. The first-order chi connectivity index (χ1) is 10.9. The lowest BCUT2D eigenvalue weighted by Crippen LogP contribution is -2.40. The van der Waals surface area contributed by atoms with Crippen LogP contribution in [-0.2, 0) is 29.6 Å². The average molecular weight is 315 g/mol. The molecule has 1 aliphatic rings. The number of hydrogen-bond acceptors (Lipinski definition) is 3. The van der Waals surface area contributed by atoms with E-state index in [2.05, 4.69) is 36.9 Å². The van der Waals surface area contributed by atoms with Gasteiger partial charge in [-0.3, -0.25) is 4.79 Å². The first kappa shape index (κ1) is 15.8. The predicted octanol–water partition coefficient (Wildman–Crippen LogP) is 2.84. The lowest BCUT2D eigenvalue weighted by Gasteiger charge is -2.24. The van der Waals surface area contributed by atoms with Crippen LogP contribution in [-0.4, -0.2) is 21.5 Å². The summed E-state index contributed by atoms with van der Waals surface area (Å²) in [6.45, 7) is 7.34. The molecule has 3 heterocycles. The Morgan fingerprint density at radius 1 is 1.48 bits per heavy atom. The number of rotatable bonds is 4. The van der Waals surface area contributed by atoms with Gasteiger partial charge >= 0.3 is 0 Å². The molecule has 124 valence electrons. The Bertz CT molecular complexity index is 665. The van der Waals surface area contributed by atoms with Crippen LogP contribution in [0.15, 0.2) is 29.0 Å². The molecule has 0 bridgehead atoms. The summed E-state index contributed by atoms with van der Waals surface area (Å²) in [7, 11) is 0. The van der Waals surface area contributed by atoms with Crippen LogP contribution >= 0.6 is 0 Å². The van der Waals surface area contributed by atoms with E-state index in [-0.39, 0.29) is 17.4 Å². The van der Waals surface area contributed by atoms with Gasteiger partial charge in [-0.05, 0) is 18.6 Å². The third-order valence-corrected chi connectivity index (χ3v) is 4.30. The van der Waals surface area contributed by atoms with Gasteiger partial charge in [0.25, 0.3) is 0 Å². The second-order valence-corrected chi connectivity index (χ2v) is 7.33. The van der Waals surface area contributed by atoms with Crippen molar-refractivity contribution in [2.45, 2.75) is 64.5 Å². The topological polar surface area (TPSA) is 60.1 Å². The Morgan fingerprint density at radius 3 is 3.00 bits per heavy atom.